The van der Waals surface area contributed by atoms with Gasteiger partial charge in [0.15, 0.2) is 0 Å². The van der Waals surface area contributed by atoms with E-state index < -0.39 is 0 Å². The van der Waals surface area contributed by atoms with Crippen LogP contribution in [-0.2, 0) is 4.79 Å². The molecule has 3 heteroatoms. The number of rotatable bonds is 4. The van der Waals surface area contributed by atoms with Crippen molar-refractivity contribution in [3.63, 3.8) is 0 Å². The normalized spacial score (nSPS) is 13.2. The fourth-order valence-corrected chi connectivity index (χ4v) is 0.569. The molecule has 0 spiro atoms. The molecule has 1 unspecified atom stereocenters. The average molecular weight is 158 g/mol. The number of hydrogen-bond donors (Lipinski definition) is 1. The van der Waals surface area contributed by atoms with E-state index in [1.807, 2.05) is 21.0 Å². The van der Waals surface area contributed by atoms with Crippen molar-refractivity contribution in [1.82, 2.24) is 10.2 Å². The van der Waals surface area contributed by atoms with Crippen LogP contribution in [0.5, 0.6) is 0 Å². The second-order valence-electron chi connectivity index (χ2n) is 2.97. The van der Waals surface area contributed by atoms with Gasteiger partial charge in [0.1, 0.15) is 0 Å². The van der Waals surface area contributed by atoms with Crippen molar-refractivity contribution >= 4 is 5.91 Å². The Kier molecular flexibility index (Phi) is 4.86. The Morgan fingerprint density at radius 1 is 1.55 bits per heavy atom. The van der Waals surface area contributed by atoms with Gasteiger partial charge >= 0.3 is 0 Å². The molecule has 1 N–H and O–H groups in total. The number of nitrogens with one attached hydrogen (secondary N) is 1. The average Bonchev–Trinajstić information content (AvgIpc) is 1.99. The highest BCUT2D eigenvalue weighted by molar-refractivity contribution is 5.75. The molecule has 0 rings (SSSR count). The van der Waals surface area contributed by atoms with Gasteiger partial charge in [0.25, 0.3) is 0 Å². The number of carbonyl (C=O) groups is 1. The molecule has 0 aliphatic rings. The van der Waals surface area contributed by atoms with Gasteiger partial charge in [-0.05, 0) is 21.0 Å². The highest BCUT2D eigenvalue weighted by Crippen LogP contribution is 1.88. The first-order chi connectivity index (χ1) is 5.07. The van der Waals surface area contributed by atoms with Crippen LogP contribution in [0, 0.1) is 0 Å². The lowest BCUT2D eigenvalue weighted by molar-refractivity contribution is -0.120. The van der Waals surface area contributed by atoms with Crippen LogP contribution in [0.3, 0.4) is 0 Å². The Morgan fingerprint density at radius 3 is 2.45 bits per heavy atom. The molecule has 0 saturated carbocycles. The SMILES string of the molecule is CCC(=O)NCC(C)N(C)C. The first-order valence-electron chi connectivity index (χ1n) is 4.01. The summed E-state index contributed by atoms with van der Waals surface area (Å²) in [7, 11) is 4.01. The first kappa shape index (κ1) is 10.4. The number of hydrogen-bond acceptors (Lipinski definition) is 2. The van der Waals surface area contributed by atoms with Crippen LogP contribution in [0.1, 0.15) is 20.3 Å². The molecule has 0 fully saturated rings. The predicted molar refractivity (Wildman–Crippen MR) is 46.4 cm³/mol. The molecule has 0 radical (unpaired) electrons. The summed E-state index contributed by atoms with van der Waals surface area (Å²) in [5.74, 6) is 0.124. The van der Waals surface area contributed by atoms with E-state index in [-0.39, 0.29) is 5.91 Å². The van der Waals surface area contributed by atoms with Crippen molar-refractivity contribution in [1.29, 1.82) is 0 Å². The summed E-state index contributed by atoms with van der Waals surface area (Å²) < 4.78 is 0. The van der Waals surface area contributed by atoms with Gasteiger partial charge in [0.2, 0.25) is 5.91 Å². The Bertz CT molecular complexity index is 123. The number of nitrogens with zero attached hydrogens (tertiary/aromatic N) is 1. The van der Waals surface area contributed by atoms with Crippen molar-refractivity contribution in [3.8, 4) is 0 Å². The summed E-state index contributed by atoms with van der Waals surface area (Å²) in [6, 6.07) is 0.408. The molecule has 0 aliphatic carbocycles. The zero-order chi connectivity index (χ0) is 8.85. The van der Waals surface area contributed by atoms with Crippen LogP contribution in [0.4, 0.5) is 0 Å². The van der Waals surface area contributed by atoms with Gasteiger partial charge in [-0.15, -0.1) is 0 Å². The van der Waals surface area contributed by atoms with Gasteiger partial charge < -0.3 is 10.2 Å². The van der Waals surface area contributed by atoms with E-state index in [0.717, 1.165) is 6.54 Å². The standard InChI is InChI=1S/C8H18N2O/c1-5-8(11)9-6-7(2)10(3)4/h7H,5-6H2,1-4H3,(H,9,11). The Hall–Kier alpha value is -0.570. The van der Waals surface area contributed by atoms with E-state index in [0.29, 0.717) is 12.5 Å². The third-order valence-corrected chi connectivity index (χ3v) is 1.80. The summed E-state index contributed by atoms with van der Waals surface area (Å²) in [6.45, 7) is 4.67. The summed E-state index contributed by atoms with van der Waals surface area (Å²) in [6.07, 6.45) is 0.570. The predicted octanol–water partition coefficient (Wildman–Crippen LogP) is 0.463. The fourth-order valence-electron chi connectivity index (χ4n) is 0.569. The zero-order valence-electron chi connectivity index (χ0n) is 7.85. The molecule has 66 valence electrons. The summed E-state index contributed by atoms with van der Waals surface area (Å²) in [5, 5.41) is 2.83. The first-order valence-corrected chi connectivity index (χ1v) is 4.01. The van der Waals surface area contributed by atoms with Gasteiger partial charge in [-0.1, -0.05) is 6.92 Å². The molecular formula is C8H18N2O. The Morgan fingerprint density at radius 2 is 2.09 bits per heavy atom. The largest absolute Gasteiger partial charge is 0.355 e. The fraction of sp³-hybridized carbons (Fsp3) is 0.875. The molecule has 0 aromatic carbocycles. The molecule has 0 heterocycles. The van der Waals surface area contributed by atoms with Crippen LogP contribution in [-0.4, -0.2) is 37.5 Å². The van der Waals surface area contributed by atoms with Crippen molar-refractivity contribution in [2.45, 2.75) is 26.3 Å². The van der Waals surface area contributed by atoms with E-state index in [2.05, 4.69) is 17.1 Å². The molecule has 0 bridgehead atoms. The van der Waals surface area contributed by atoms with Gasteiger partial charge in [0, 0.05) is 19.0 Å². The molecule has 1 atom stereocenters. The Balaban J connectivity index is 3.45. The van der Waals surface area contributed by atoms with Crippen molar-refractivity contribution in [3.05, 3.63) is 0 Å². The molecule has 11 heavy (non-hydrogen) atoms. The molecule has 0 aliphatic heterocycles. The van der Waals surface area contributed by atoms with E-state index in [4.69, 9.17) is 0 Å². The summed E-state index contributed by atoms with van der Waals surface area (Å²) in [5.41, 5.74) is 0. The van der Waals surface area contributed by atoms with Crippen molar-refractivity contribution < 1.29 is 4.79 Å². The van der Waals surface area contributed by atoms with Crippen LogP contribution < -0.4 is 5.32 Å². The quantitative estimate of drug-likeness (QED) is 0.644. The minimum Gasteiger partial charge on any atom is -0.355 e. The monoisotopic (exact) mass is 158 g/mol. The lowest BCUT2D eigenvalue weighted by Crippen LogP contribution is -2.37. The number of amides is 1. The van der Waals surface area contributed by atoms with E-state index in [1.165, 1.54) is 0 Å². The lowest BCUT2D eigenvalue weighted by atomic mass is 10.3. The Labute approximate surface area is 68.8 Å². The summed E-state index contributed by atoms with van der Waals surface area (Å²) in [4.78, 5) is 12.9. The summed E-state index contributed by atoms with van der Waals surface area (Å²) >= 11 is 0. The second-order valence-corrected chi connectivity index (χ2v) is 2.97. The highest BCUT2D eigenvalue weighted by Gasteiger charge is 2.04. The maximum Gasteiger partial charge on any atom is 0.219 e. The molecule has 0 aromatic rings. The third-order valence-electron chi connectivity index (χ3n) is 1.80. The van der Waals surface area contributed by atoms with Gasteiger partial charge in [-0.3, -0.25) is 4.79 Å². The minimum absolute atomic E-state index is 0.124. The van der Waals surface area contributed by atoms with Crippen LogP contribution in [0.25, 0.3) is 0 Å². The molecule has 0 aromatic heterocycles. The number of carbonyl (C=O) groups excluding carboxylic acids is 1. The van der Waals surface area contributed by atoms with Gasteiger partial charge in [-0.25, -0.2) is 0 Å². The van der Waals surface area contributed by atoms with E-state index in [9.17, 15) is 4.79 Å². The highest BCUT2D eigenvalue weighted by atomic mass is 16.1. The minimum atomic E-state index is 0.124. The van der Waals surface area contributed by atoms with E-state index >= 15 is 0 Å². The van der Waals surface area contributed by atoms with Crippen LogP contribution >= 0.6 is 0 Å². The zero-order valence-corrected chi connectivity index (χ0v) is 7.85. The van der Waals surface area contributed by atoms with Gasteiger partial charge in [-0.2, -0.15) is 0 Å². The molecule has 1 amide bonds. The molecule has 3 nitrogen and oxygen atoms in total. The van der Waals surface area contributed by atoms with E-state index in [1.54, 1.807) is 0 Å². The topological polar surface area (TPSA) is 32.3 Å². The maximum atomic E-state index is 10.8. The second kappa shape index (κ2) is 5.13. The number of likely N-dealkylation sites (N-methyl/N-ethyl adjacent to an activating group) is 1. The molecular weight excluding hydrogens is 140 g/mol. The van der Waals surface area contributed by atoms with Crippen LogP contribution in [0.2, 0.25) is 0 Å². The van der Waals surface area contributed by atoms with Crippen LogP contribution in [0.15, 0.2) is 0 Å². The smallest absolute Gasteiger partial charge is 0.219 e. The van der Waals surface area contributed by atoms with Crippen molar-refractivity contribution in [2.24, 2.45) is 0 Å². The van der Waals surface area contributed by atoms with Crippen molar-refractivity contribution in [2.75, 3.05) is 20.6 Å². The lowest BCUT2D eigenvalue weighted by Gasteiger charge is -2.19. The van der Waals surface area contributed by atoms with Gasteiger partial charge in [0.05, 0.1) is 0 Å². The third kappa shape index (κ3) is 4.79. The molecule has 0 saturated heterocycles. The maximum absolute atomic E-state index is 10.8.